The second-order valence-electron chi connectivity index (χ2n) is 5.03. The maximum atomic E-state index is 12.6. The number of carbonyl (C=O) groups is 1. The van der Waals surface area contributed by atoms with E-state index in [-0.39, 0.29) is 10.5 Å². The number of nitrogens with one attached hydrogen (secondary N) is 2. The first kappa shape index (κ1) is 15.0. The van der Waals surface area contributed by atoms with E-state index < -0.39 is 16.0 Å². The molecule has 118 valence electrons. The Balaban J connectivity index is 2.07. The molecule has 0 aliphatic carbocycles. The van der Waals surface area contributed by atoms with Crippen molar-refractivity contribution in [1.82, 2.24) is 10.2 Å². The molecular weight excluding hydrogens is 318 g/mol. The van der Waals surface area contributed by atoms with Gasteiger partial charge >= 0.3 is 5.97 Å². The van der Waals surface area contributed by atoms with Crippen LogP contribution in [-0.2, 0) is 10.0 Å². The molecule has 7 nitrogen and oxygen atoms in total. The summed E-state index contributed by atoms with van der Waals surface area (Å²) in [5.74, 6) is -1.18. The van der Waals surface area contributed by atoms with E-state index in [1.165, 1.54) is 18.3 Å². The minimum Gasteiger partial charge on any atom is -0.478 e. The second kappa shape index (κ2) is 5.40. The van der Waals surface area contributed by atoms with Crippen molar-refractivity contribution in [2.45, 2.75) is 11.8 Å². The highest BCUT2D eigenvalue weighted by Crippen LogP contribution is 2.25. The van der Waals surface area contributed by atoms with Crippen LogP contribution in [-0.4, -0.2) is 29.7 Å². The zero-order valence-electron chi connectivity index (χ0n) is 12.1. The zero-order chi connectivity index (χ0) is 16.6. The van der Waals surface area contributed by atoms with Gasteiger partial charge in [-0.3, -0.25) is 9.82 Å². The number of sulfonamides is 1. The van der Waals surface area contributed by atoms with Gasteiger partial charge in [-0.15, -0.1) is 0 Å². The fourth-order valence-electron chi connectivity index (χ4n) is 2.28. The van der Waals surface area contributed by atoms with Gasteiger partial charge in [0.05, 0.1) is 27.9 Å². The Morgan fingerprint density at radius 3 is 2.78 bits per heavy atom. The largest absolute Gasteiger partial charge is 0.478 e. The fraction of sp³-hybridized carbons (Fsp3) is 0.0667. The topological polar surface area (TPSA) is 112 Å². The number of fused-ring (bicyclic) bond motifs is 1. The molecule has 8 heteroatoms. The third kappa shape index (κ3) is 2.76. The number of carboxylic acids is 1. The van der Waals surface area contributed by atoms with Crippen molar-refractivity contribution in [2.75, 3.05) is 4.72 Å². The Kier molecular flexibility index (Phi) is 3.53. The van der Waals surface area contributed by atoms with E-state index in [4.69, 9.17) is 5.11 Å². The molecule has 3 rings (SSSR count). The third-order valence-corrected chi connectivity index (χ3v) is 4.96. The van der Waals surface area contributed by atoms with Crippen molar-refractivity contribution in [1.29, 1.82) is 0 Å². The molecule has 0 saturated carbocycles. The molecular formula is C15H13N3O4S. The highest BCUT2D eigenvalue weighted by molar-refractivity contribution is 7.92. The van der Waals surface area contributed by atoms with Crippen LogP contribution in [0.2, 0.25) is 0 Å². The van der Waals surface area contributed by atoms with Crippen LogP contribution in [0.25, 0.3) is 10.9 Å². The summed E-state index contributed by atoms with van der Waals surface area (Å²) in [6, 6.07) is 9.07. The first-order valence-corrected chi connectivity index (χ1v) is 8.16. The average Bonchev–Trinajstić information content (AvgIpc) is 2.96. The SMILES string of the molecule is Cc1ccc(C(=O)O)cc1S(=O)(=O)Nc1cccc2[nH]ncc12. The number of rotatable bonds is 4. The van der Waals surface area contributed by atoms with Crippen molar-refractivity contribution >= 4 is 32.6 Å². The van der Waals surface area contributed by atoms with Gasteiger partial charge in [0, 0.05) is 5.39 Å². The minimum atomic E-state index is -3.92. The molecule has 0 radical (unpaired) electrons. The summed E-state index contributed by atoms with van der Waals surface area (Å²) in [5.41, 5.74) is 1.44. The number of aromatic carboxylic acids is 1. The van der Waals surface area contributed by atoms with Crippen LogP contribution in [0.15, 0.2) is 47.5 Å². The first-order valence-electron chi connectivity index (χ1n) is 6.67. The molecule has 0 amide bonds. The molecule has 3 aromatic rings. The lowest BCUT2D eigenvalue weighted by Gasteiger charge is -2.11. The maximum absolute atomic E-state index is 12.6. The molecule has 0 spiro atoms. The van der Waals surface area contributed by atoms with Crippen LogP contribution in [0.3, 0.4) is 0 Å². The van der Waals surface area contributed by atoms with Crippen LogP contribution in [0.4, 0.5) is 5.69 Å². The van der Waals surface area contributed by atoms with Crippen molar-refractivity contribution in [2.24, 2.45) is 0 Å². The number of aryl methyl sites for hydroxylation is 1. The molecule has 0 bridgehead atoms. The van der Waals surface area contributed by atoms with Crippen LogP contribution >= 0.6 is 0 Å². The van der Waals surface area contributed by atoms with Gasteiger partial charge in [-0.2, -0.15) is 5.10 Å². The molecule has 0 saturated heterocycles. The summed E-state index contributed by atoms with van der Waals surface area (Å²) in [7, 11) is -3.92. The Morgan fingerprint density at radius 1 is 1.26 bits per heavy atom. The smallest absolute Gasteiger partial charge is 0.335 e. The van der Waals surface area contributed by atoms with Crippen molar-refractivity contribution in [3.05, 3.63) is 53.7 Å². The summed E-state index contributed by atoms with van der Waals surface area (Å²) < 4.78 is 27.7. The number of aromatic amines is 1. The van der Waals surface area contributed by atoms with Gasteiger partial charge < -0.3 is 5.11 Å². The van der Waals surface area contributed by atoms with E-state index in [2.05, 4.69) is 14.9 Å². The van der Waals surface area contributed by atoms with Gasteiger partial charge in [-0.05, 0) is 36.8 Å². The second-order valence-corrected chi connectivity index (χ2v) is 6.68. The molecule has 0 aliphatic rings. The molecule has 23 heavy (non-hydrogen) atoms. The van der Waals surface area contributed by atoms with Gasteiger partial charge in [0.25, 0.3) is 10.0 Å². The highest BCUT2D eigenvalue weighted by atomic mass is 32.2. The molecule has 0 aliphatic heterocycles. The van der Waals surface area contributed by atoms with Crippen molar-refractivity contribution in [3.63, 3.8) is 0 Å². The van der Waals surface area contributed by atoms with Gasteiger partial charge in [-0.25, -0.2) is 13.2 Å². The van der Waals surface area contributed by atoms with E-state index in [0.29, 0.717) is 22.2 Å². The Bertz CT molecular complexity index is 1010. The monoisotopic (exact) mass is 331 g/mol. The molecule has 3 N–H and O–H groups in total. The van der Waals surface area contributed by atoms with Crippen LogP contribution < -0.4 is 4.72 Å². The number of anilines is 1. The maximum Gasteiger partial charge on any atom is 0.335 e. The molecule has 1 aromatic heterocycles. The Labute approximate surface area is 132 Å². The summed E-state index contributed by atoms with van der Waals surface area (Å²) in [6.45, 7) is 1.61. The Hall–Kier alpha value is -2.87. The van der Waals surface area contributed by atoms with Gasteiger partial charge in [-0.1, -0.05) is 12.1 Å². The summed E-state index contributed by atoms with van der Waals surface area (Å²) >= 11 is 0. The van der Waals surface area contributed by atoms with E-state index in [9.17, 15) is 13.2 Å². The zero-order valence-corrected chi connectivity index (χ0v) is 12.9. The van der Waals surface area contributed by atoms with Crippen molar-refractivity contribution < 1.29 is 18.3 Å². The van der Waals surface area contributed by atoms with E-state index in [1.54, 1.807) is 25.1 Å². The van der Waals surface area contributed by atoms with E-state index >= 15 is 0 Å². The predicted octanol–water partition coefficient (Wildman–Crippen LogP) is 2.37. The number of aromatic nitrogens is 2. The first-order chi connectivity index (χ1) is 10.9. The number of hydrogen-bond acceptors (Lipinski definition) is 4. The number of carboxylic acid groups (broad SMARTS) is 1. The standard InChI is InChI=1S/C15H13N3O4S/c1-9-5-6-10(15(19)20)7-14(9)23(21,22)18-13-4-2-3-12-11(13)8-16-17-12/h2-8,18H,1H3,(H,16,17)(H,19,20). The average molecular weight is 331 g/mol. The van der Waals surface area contributed by atoms with Gasteiger partial charge in [0.15, 0.2) is 0 Å². The summed E-state index contributed by atoms with van der Waals surface area (Å²) in [6.07, 6.45) is 1.52. The molecule has 0 atom stereocenters. The van der Waals surface area contributed by atoms with E-state index in [0.717, 1.165) is 6.07 Å². The fourth-order valence-corrected chi connectivity index (χ4v) is 3.63. The third-order valence-electron chi connectivity index (χ3n) is 3.45. The molecule has 0 fully saturated rings. The number of benzene rings is 2. The number of nitrogens with zero attached hydrogens (tertiary/aromatic N) is 1. The van der Waals surface area contributed by atoms with E-state index in [1.807, 2.05) is 0 Å². The lowest BCUT2D eigenvalue weighted by Crippen LogP contribution is -2.15. The van der Waals surface area contributed by atoms with Gasteiger partial charge in [0.2, 0.25) is 0 Å². The lowest BCUT2D eigenvalue weighted by molar-refractivity contribution is 0.0696. The quantitative estimate of drug-likeness (QED) is 0.679. The molecule has 1 heterocycles. The summed E-state index contributed by atoms with van der Waals surface area (Å²) in [4.78, 5) is 11.0. The molecule has 0 unspecified atom stereocenters. The number of H-pyrrole nitrogens is 1. The van der Waals surface area contributed by atoms with Gasteiger partial charge in [0.1, 0.15) is 0 Å². The summed E-state index contributed by atoms with van der Waals surface area (Å²) in [5, 5.41) is 16.3. The van der Waals surface area contributed by atoms with Crippen molar-refractivity contribution in [3.8, 4) is 0 Å². The van der Waals surface area contributed by atoms with Crippen LogP contribution in [0.1, 0.15) is 15.9 Å². The number of hydrogen-bond donors (Lipinski definition) is 3. The van der Waals surface area contributed by atoms with Crippen LogP contribution in [0, 0.1) is 6.92 Å². The highest BCUT2D eigenvalue weighted by Gasteiger charge is 2.20. The minimum absolute atomic E-state index is 0.0714. The predicted molar refractivity (Wildman–Crippen MR) is 85.0 cm³/mol. The molecule has 2 aromatic carbocycles. The lowest BCUT2D eigenvalue weighted by atomic mass is 10.1. The van der Waals surface area contributed by atoms with Crippen LogP contribution in [0.5, 0.6) is 0 Å². The normalized spacial score (nSPS) is 11.5. The Morgan fingerprint density at radius 2 is 2.04 bits per heavy atom.